The first-order valence-corrected chi connectivity index (χ1v) is 8.11. The molecule has 0 spiro atoms. The maximum atomic E-state index is 11.6. The topological polar surface area (TPSA) is 106 Å². The molecule has 26 heavy (non-hydrogen) atoms. The van der Waals surface area contributed by atoms with E-state index in [9.17, 15) is 10.1 Å². The van der Waals surface area contributed by atoms with Gasteiger partial charge >= 0.3 is 5.69 Å². The van der Waals surface area contributed by atoms with E-state index in [2.05, 4.69) is 25.6 Å². The summed E-state index contributed by atoms with van der Waals surface area (Å²) in [6.45, 7) is 1.83. The minimum Gasteiger partial charge on any atom is -0.333 e. The molecule has 2 heterocycles. The number of hydrogen-bond donors (Lipinski definition) is 2. The quantitative estimate of drug-likeness (QED) is 0.472. The van der Waals surface area contributed by atoms with Crippen LogP contribution in [-0.4, -0.2) is 19.9 Å². The van der Waals surface area contributed by atoms with Crippen LogP contribution in [-0.2, 0) is 0 Å². The Kier molecular flexibility index (Phi) is 5.15. The Morgan fingerprint density at radius 1 is 1.04 bits per heavy atom. The highest BCUT2D eigenvalue weighted by Crippen LogP contribution is 2.35. The molecule has 0 aliphatic rings. The first-order chi connectivity index (χ1) is 12.5. The van der Waals surface area contributed by atoms with Crippen molar-refractivity contribution in [3.63, 3.8) is 0 Å². The molecule has 3 aromatic rings. The molecule has 8 nitrogen and oxygen atoms in total. The molecule has 0 unspecified atom stereocenters. The van der Waals surface area contributed by atoms with Crippen molar-refractivity contribution in [2.24, 2.45) is 0 Å². The van der Waals surface area contributed by atoms with Gasteiger partial charge < -0.3 is 10.6 Å². The lowest BCUT2D eigenvalue weighted by molar-refractivity contribution is -0.383. The molecule has 132 valence electrons. The maximum absolute atomic E-state index is 11.6. The van der Waals surface area contributed by atoms with Gasteiger partial charge in [-0.05, 0) is 36.8 Å². The molecule has 0 aliphatic carbocycles. The van der Waals surface area contributed by atoms with Crippen LogP contribution in [0.4, 0.5) is 28.8 Å². The summed E-state index contributed by atoms with van der Waals surface area (Å²) in [5, 5.41) is 18.1. The molecule has 0 amide bonds. The van der Waals surface area contributed by atoms with Gasteiger partial charge in [0.05, 0.1) is 15.6 Å². The summed E-state index contributed by atoms with van der Waals surface area (Å²) < 4.78 is 0. The van der Waals surface area contributed by atoms with E-state index in [0.717, 1.165) is 5.56 Å². The Morgan fingerprint density at radius 3 is 2.42 bits per heavy atom. The molecule has 0 saturated carbocycles. The van der Waals surface area contributed by atoms with E-state index in [1.807, 2.05) is 13.0 Å². The molecule has 10 heteroatoms. The zero-order chi connectivity index (χ0) is 18.7. The zero-order valence-electron chi connectivity index (χ0n) is 13.4. The predicted octanol–water partition coefficient (Wildman–Crippen LogP) is 4.88. The molecule has 0 atom stereocenters. The first-order valence-electron chi connectivity index (χ1n) is 7.36. The van der Waals surface area contributed by atoms with Crippen LogP contribution in [0.15, 0.2) is 42.9 Å². The highest BCUT2D eigenvalue weighted by molar-refractivity contribution is 6.36. The Hall–Kier alpha value is -2.97. The standard InChI is InChI=1S/C16H12Cl2N6O2/c1-9-3-2-6-19-14(9)23-16-13(24(25)26)15(20-8-21-16)22-12-5-4-10(17)7-11(12)18/h2-8H,1H3,(H2,19,20,21,22,23). The molecule has 0 saturated heterocycles. The van der Waals surface area contributed by atoms with Crippen molar-refractivity contribution in [2.45, 2.75) is 6.92 Å². The second-order valence-electron chi connectivity index (χ2n) is 5.22. The van der Waals surface area contributed by atoms with Crippen molar-refractivity contribution in [1.82, 2.24) is 15.0 Å². The fourth-order valence-corrected chi connectivity index (χ4v) is 2.64. The number of nitrogens with one attached hydrogen (secondary N) is 2. The maximum Gasteiger partial charge on any atom is 0.353 e. The van der Waals surface area contributed by atoms with Crippen LogP contribution in [0.3, 0.4) is 0 Å². The third kappa shape index (κ3) is 3.81. The fourth-order valence-electron chi connectivity index (χ4n) is 2.18. The number of rotatable bonds is 5. The van der Waals surface area contributed by atoms with Gasteiger partial charge in [0.25, 0.3) is 0 Å². The Bertz CT molecular complexity index is 983. The van der Waals surface area contributed by atoms with E-state index < -0.39 is 4.92 Å². The number of nitrogens with zero attached hydrogens (tertiary/aromatic N) is 4. The van der Waals surface area contributed by atoms with Gasteiger partial charge in [-0.2, -0.15) is 0 Å². The lowest BCUT2D eigenvalue weighted by atomic mass is 10.3. The summed E-state index contributed by atoms with van der Waals surface area (Å²) in [6, 6.07) is 8.33. The van der Waals surface area contributed by atoms with Crippen molar-refractivity contribution < 1.29 is 4.92 Å². The minimum absolute atomic E-state index is 0.00898. The first kappa shape index (κ1) is 17.8. The summed E-state index contributed by atoms with van der Waals surface area (Å²) >= 11 is 12.0. The van der Waals surface area contributed by atoms with Crippen molar-refractivity contribution in [3.8, 4) is 0 Å². The predicted molar refractivity (Wildman–Crippen MR) is 101 cm³/mol. The van der Waals surface area contributed by atoms with Gasteiger partial charge in [-0.25, -0.2) is 15.0 Å². The molecule has 2 N–H and O–H groups in total. The van der Waals surface area contributed by atoms with Crippen LogP contribution in [0, 0.1) is 17.0 Å². The Morgan fingerprint density at radius 2 is 1.77 bits per heavy atom. The van der Waals surface area contributed by atoms with E-state index in [4.69, 9.17) is 23.2 Å². The Balaban J connectivity index is 2.01. The van der Waals surface area contributed by atoms with Gasteiger partial charge in [0.1, 0.15) is 12.1 Å². The van der Waals surface area contributed by atoms with Crippen LogP contribution in [0.2, 0.25) is 10.0 Å². The fraction of sp³-hybridized carbons (Fsp3) is 0.0625. The van der Waals surface area contributed by atoms with E-state index in [1.54, 1.807) is 24.4 Å². The molecular formula is C16H12Cl2N6O2. The number of anilines is 4. The van der Waals surface area contributed by atoms with Crippen LogP contribution in [0.1, 0.15) is 5.56 Å². The largest absolute Gasteiger partial charge is 0.353 e. The number of benzene rings is 1. The van der Waals surface area contributed by atoms with Crippen LogP contribution in [0.25, 0.3) is 0 Å². The van der Waals surface area contributed by atoms with Gasteiger partial charge in [0.15, 0.2) is 0 Å². The van der Waals surface area contributed by atoms with Crippen LogP contribution >= 0.6 is 23.2 Å². The normalized spacial score (nSPS) is 10.4. The molecule has 0 radical (unpaired) electrons. The molecule has 0 fully saturated rings. The number of pyridine rings is 1. The van der Waals surface area contributed by atoms with E-state index in [0.29, 0.717) is 21.6 Å². The van der Waals surface area contributed by atoms with Crippen molar-refractivity contribution >= 4 is 52.0 Å². The molecular weight excluding hydrogens is 379 g/mol. The van der Waals surface area contributed by atoms with Crippen molar-refractivity contribution in [1.29, 1.82) is 0 Å². The zero-order valence-corrected chi connectivity index (χ0v) is 14.9. The number of halogens is 2. The van der Waals surface area contributed by atoms with Crippen molar-refractivity contribution in [3.05, 3.63) is 68.6 Å². The smallest absolute Gasteiger partial charge is 0.333 e. The van der Waals surface area contributed by atoms with Gasteiger partial charge in [-0.1, -0.05) is 29.3 Å². The van der Waals surface area contributed by atoms with E-state index >= 15 is 0 Å². The Labute approximate surface area is 158 Å². The van der Waals surface area contributed by atoms with Gasteiger partial charge in [-0.3, -0.25) is 10.1 Å². The summed E-state index contributed by atoms with van der Waals surface area (Å²) in [7, 11) is 0. The second kappa shape index (κ2) is 7.51. The number of nitro groups is 1. The average Bonchev–Trinajstić information content (AvgIpc) is 2.59. The monoisotopic (exact) mass is 390 g/mol. The van der Waals surface area contributed by atoms with Gasteiger partial charge in [0, 0.05) is 11.2 Å². The highest BCUT2D eigenvalue weighted by atomic mass is 35.5. The third-order valence-electron chi connectivity index (χ3n) is 3.44. The summed E-state index contributed by atoms with van der Waals surface area (Å²) in [5.41, 5.74) is 0.914. The minimum atomic E-state index is -0.577. The molecule has 0 bridgehead atoms. The van der Waals surface area contributed by atoms with Crippen molar-refractivity contribution in [2.75, 3.05) is 10.6 Å². The van der Waals surface area contributed by atoms with Gasteiger partial charge in [0.2, 0.25) is 11.6 Å². The number of aromatic nitrogens is 3. The summed E-state index contributed by atoms with van der Waals surface area (Å²) in [5.74, 6) is 0.467. The number of hydrogen-bond acceptors (Lipinski definition) is 7. The van der Waals surface area contributed by atoms with Gasteiger partial charge in [-0.15, -0.1) is 0 Å². The summed E-state index contributed by atoms with van der Waals surface area (Å²) in [6.07, 6.45) is 2.79. The lowest BCUT2D eigenvalue weighted by Gasteiger charge is -2.11. The molecule has 2 aromatic heterocycles. The number of aryl methyl sites for hydroxylation is 1. The SMILES string of the molecule is Cc1cccnc1Nc1ncnc(Nc2ccc(Cl)cc2Cl)c1[N+](=O)[O-]. The second-order valence-corrected chi connectivity index (χ2v) is 6.06. The van der Waals surface area contributed by atoms with Crippen LogP contribution in [0.5, 0.6) is 0 Å². The molecule has 1 aromatic carbocycles. The van der Waals surface area contributed by atoms with E-state index in [1.165, 1.54) is 12.4 Å². The van der Waals surface area contributed by atoms with Crippen LogP contribution < -0.4 is 10.6 Å². The molecule has 0 aliphatic heterocycles. The average molecular weight is 391 g/mol. The summed E-state index contributed by atoms with van der Waals surface area (Å²) in [4.78, 5) is 23.1. The van der Waals surface area contributed by atoms with E-state index in [-0.39, 0.29) is 17.3 Å². The molecule has 3 rings (SSSR count). The third-order valence-corrected chi connectivity index (χ3v) is 3.98. The lowest BCUT2D eigenvalue weighted by Crippen LogP contribution is -2.07. The highest BCUT2D eigenvalue weighted by Gasteiger charge is 2.24.